The number of benzene rings is 2. The Hall–Kier alpha value is -1.75. The van der Waals surface area contributed by atoms with Crippen LogP contribution in [0.25, 0.3) is 0 Å². The number of carbonyl (C=O) groups excluding carboxylic acids is 1. The molecule has 0 aromatic heterocycles. The highest BCUT2D eigenvalue weighted by Crippen LogP contribution is 2.45. The molecule has 0 N–H and O–H groups in total. The van der Waals surface area contributed by atoms with Gasteiger partial charge < -0.3 is 9.47 Å². The van der Waals surface area contributed by atoms with Gasteiger partial charge in [0.15, 0.2) is 0 Å². The van der Waals surface area contributed by atoms with Crippen LogP contribution in [0.2, 0.25) is 10.0 Å². The summed E-state index contributed by atoms with van der Waals surface area (Å²) in [5.74, 6) is 0.979. The first-order valence-electron chi connectivity index (χ1n) is 10.1. The normalized spacial score (nSPS) is 19.7. The molecule has 2 aliphatic carbocycles. The van der Waals surface area contributed by atoms with E-state index in [1.165, 1.54) is 11.1 Å². The first-order chi connectivity index (χ1) is 14.0. The van der Waals surface area contributed by atoms with Crippen molar-refractivity contribution in [2.24, 2.45) is 11.3 Å². The first kappa shape index (κ1) is 19.2. The molecular weight excluding hydrogens is 409 g/mol. The van der Waals surface area contributed by atoms with Crippen molar-refractivity contribution in [1.82, 2.24) is 4.90 Å². The SMILES string of the molecule is O=C(OCN1CC2(Cc3ccc(OCc4c(Cl)cccc4Cl)cc3C2)C1)C1CC1. The van der Waals surface area contributed by atoms with Gasteiger partial charge in [-0.05, 0) is 61.1 Å². The minimum atomic E-state index is -0.0268. The fourth-order valence-corrected chi connectivity index (χ4v) is 5.04. The van der Waals surface area contributed by atoms with Gasteiger partial charge in [0.2, 0.25) is 0 Å². The van der Waals surface area contributed by atoms with Crippen molar-refractivity contribution < 1.29 is 14.3 Å². The summed E-state index contributed by atoms with van der Waals surface area (Å²) >= 11 is 12.5. The summed E-state index contributed by atoms with van der Waals surface area (Å²) in [5.41, 5.74) is 3.83. The van der Waals surface area contributed by atoms with Crippen LogP contribution in [0, 0.1) is 11.3 Å². The highest BCUT2D eigenvalue weighted by Gasteiger charge is 2.47. The standard InChI is InChI=1S/C23H23Cl2NO3/c24-20-2-1-3-21(25)19(20)11-28-18-7-6-16-9-23(10-17(16)8-18)12-26(13-23)14-29-22(27)15-4-5-15/h1-3,6-8,15H,4-5,9-14H2. The predicted octanol–water partition coefficient (Wildman–Crippen LogP) is 4.88. The van der Waals surface area contributed by atoms with Crippen LogP contribution in [0.5, 0.6) is 5.75 Å². The number of likely N-dealkylation sites (tertiary alicyclic amines) is 1. The van der Waals surface area contributed by atoms with E-state index in [0.29, 0.717) is 23.4 Å². The molecule has 0 amide bonds. The van der Waals surface area contributed by atoms with Gasteiger partial charge in [-0.25, -0.2) is 0 Å². The van der Waals surface area contributed by atoms with Crippen molar-refractivity contribution in [2.75, 3.05) is 19.8 Å². The maximum atomic E-state index is 11.7. The molecule has 0 atom stereocenters. The molecule has 152 valence electrons. The van der Waals surface area contributed by atoms with Crippen LogP contribution in [-0.4, -0.2) is 30.7 Å². The number of carbonyl (C=O) groups is 1. The van der Waals surface area contributed by atoms with Gasteiger partial charge in [-0.2, -0.15) is 0 Å². The molecular formula is C23H23Cl2NO3. The Morgan fingerprint density at radius 2 is 1.79 bits per heavy atom. The van der Waals surface area contributed by atoms with Crippen molar-refractivity contribution in [3.63, 3.8) is 0 Å². The van der Waals surface area contributed by atoms with E-state index in [9.17, 15) is 4.79 Å². The number of hydrogen-bond acceptors (Lipinski definition) is 4. The van der Waals surface area contributed by atoms with Gasteiger partial charge in [0.25, 0.3) is 0 Å². The molecule has 3 aliphatic rings. The average Bonchev–Trinajstić information content (AvgIpc) is 3.44. The van der Waals surface area contributed by atoms with E-state index < -0.39 is 0 Å². The van der Waals surface area contributed by atoms with Crippen LogP contribution >= 0.6 is 23.2 Å². The lowest BCUT2D eigenvalue weighted by Crippen LogP contribution is -2.57. The fraction of sp³-hybridized carbons (Fsp3) is 0.435. The molecule has 0 unspecified atom stereocenters. The second-order valence-corrected chi connectivity index (χ2v) is 9.44. The third-order valence-corrected chi connectivity index (χ3v) is 6.88. The van der Waals surface area contributed by atoms with Gasteiger partial charge in [-0.3, -0.25) is 9.69 Å². The third-order valence-electron chi connectivity index (χ3n) is 6.17. The minimum absolute atomic E-state index is 0.0268. The Morgan fingerprint density at radius 1 is 1.07 bits per heavy atom. The lowest BCUT2D eigenvalue weighted by Gasteiger charge is -2.47. The van der Waals surface area contributed by atoms with Gasteiger partial charge in [-0.1, -0.05) is 35.3 Å². The minimum Gasteiger partial charge on any atom is -0.489 e. The Bertz CT molecular complexity index is 931. The van der Waals surface area contributed by atoms with E-state index in [-0.39, 0.29) is 17.3 Å². The molecule has 4 nitrogen and oxygen atoms in total. The largest absolute Gasteiger partial charge is 0.489 e. The van der Waals surface area contributed by atoms with Crippen LogP contribution in [0.1, 0.15) is 29.5 Å². The Kier molecular flexibility index (Phi) is 4.97. The molecule has 1 saturated carbocycles. The van der Waals surface area contributed by atoms with Gasteiger partial charge in [0.05, 0.1) is 5.92 Å². The van der Waals surface area contributed by atoms with E-state index in [1.807, 2.05) is 24.3 Å². The van der Waals surface area contributed by atoms with Crippen molar-refractivity contribution in [3.8, 4) is 5.75 Å². The van der Waals surface area contributed by atoms with Crippen LogP contribution in [0.3, 0.4) is 0 Å². The summed E-state index contributed by atoms with van der Waals surface area (Å²) in [6, 6.07) is 11.8. The molecule has 1 spiro atoms. The van der Waals surface area contributed by atoms with Crippen molar-refractivity contribution in [2.45, 2.75) is 32.3 Å². The van der Waals surface area contributed by atoms with Crippen LogP contribution in [0.4, 0.5) is 0 Å². The van der Waals surface area contributed by atoms with E-state index in [4.69, 9.17) is 32.7 Å². The molecule has 6 heteroatoms. The molecule has 2 aromatic rings. The lowest BCUT2D eigenvalue weighted by molar-refractivity contribution is -0.156. The number of nitrogens with zero attached hydrogens (tertiary/aromatic N) is 1. The molecule has 1 aliphatic heterocycles. The van der Waals surface area contributed by atoms with Crippen molar-refractivity contribution in [3.05, 3.63) is 63.1 Å². The Morgan fingerprint density at radius 3 is 2.52 bits per heavy atom. The summed E-state index contributed by atoms with van der Waals surface area (Å²) in [5, 5.41) is 1.24. The Balaban J connectivity index is 1.16. The number of esters is 1. The number of ether oxygens (including phenoxy) is 2. The van der Waals surface area contributed by atoms with Crippen molar-refractivity contribution in [1.29, 1.82) is 0 Å². The highest BCUT2D eigenvalue weighted by atomic mass is 35.5. The Labute approximate surface area is 180 Å². The molecule has 2 fully saturated rings. The summed E-state index contributed by atoms with van der Waals surface area (Å²) in [7, 11) is 0. The van der Waals surface area contributed by atoms with E-state index in [1.54, 1.807) is 0 Å². The van der Waals surface area contributed by atoms with Gasteiger partial charge in [0, 0.05) is 34.1 Å². The molecule has 5 rings (SSSR count). The van der Waals surface area contributed by atoms with Crippen LogP contribution in [-0.2, 0) is 29.0 Å². The number of halogens is 2. The zero-order chi connectivity index (χ0) is 20.0. The topological polar surface area (TPSA) is 38.8 Å². The van der Waals surface area contributed by atoms with E-state index in [2.05, 4.69) is 17.0 Å². The number of fused-ring (bicyclic) bond motifs is 1. The highest BCUT2D eigenvalue weighted by molar-refractivity contribution is 6.35. The summed E-state index contributed by atoms with van der Waals surface area (Å²) in [6.07, 6.45) is 4.10. The number of rotatable bonds is 6. The zero-order valence-electron chi connectivity index (χ0n) is 16.1. The molecule has 1 saturated heterocycles. The maximum absolute atomic E-state index is 11.7. The molecule has 29 heavy (non-hydrogen) atoms. The lowest BCUT2D eigenvalue weighted by atomic mass is 9.77. The smallest absolute Gasteiger partial charge is 0.310 e. The van der Waals surface area contributed by atoms with Gasteiger partial charge in [0.1, 0.15) is 19.1 Å². The van der Waals surface area contributed by atoms with Crippen molar-refractivity contribution >= 4 is 29.2 Å². The summed E-state index contributed by atoms with van der Waals surface area (Å²) in [6.45, 7) is 2.74. The number of hydrogen-bond donors (Lipinski definition) is 0. The van der Waals surface area contributed by atoms with E-state index in [0.717, 1.165) is 50.1 Å². The summed E-state index contributed by atoms with van der Waals surface area (Å²) in [4.78, 5) is 13.9. The predicted molar refractivity (Wildman–Crippen MR) is 112 cm³/mol. The molecule has 0 bridgehead atoms. The average molecular weight is 432 g/mol. The third kappa shape index (κ3) is 3.98. The molecule has 2 aromatic carbocycles. The van der Waals surface area contributed by atoms with Crippen LogP contribution in [0.15, 0.2) is 36.4 Å². The second-order valence-electron chi connectivity index (χ2n) is 8.63. The molecule has 1 heterocycles. The second kappa shape index (κ2) is 7.50. The summed E-state index contributed by atoms with van der Waals surface area (Å²) < 4.78 is 11.4. The fourth-order valence-electron chi connectivity index (χ4n) is 4.53. The maximum Gasteiger partial charge on any atom is 0.310 e. The zero-order valence-corrected chi connectivity index (χ0v) is 17.6. The van der Waals surface area contributed by atoms with Gasteiger partial charge in [-0.15, -0.1) is 0 Å². The van der Waals surface area contributed by atoms with Crippen LogP contribution < -0.4 is 4.74 Å². The quantitative estimate of drug-likeness (QED) is 0.610. The molecule has 0 radical (unpaired) electrons. The monoisotopic (exact) mass is 431 g/mol. The first-order valence-corrected chi connectivity index (χ1v) is 10.8. The van der Waals surface area contributed by atoms with Gasteiger partial charge >= 0.3 is 5.97 Å². The van der Waals surface area contributed by atoms with E-state index >= 15 is 0 Å².